The third kappa shape index (κ3) is 9.92. The first-order valence-corrected chi connectivity index (χ1v) is 4.51. The van der Waals surface area contributed by atoms with Crippen LogP contribution in [0.1, 0.15) is 38.5 Å². The van der Waals surface area contributed by atoms with Crippen LogP contribution in [0.15, 0.2) is 0 Å². The fraction of sp³-hybridized carbons (Fsp3) is 1.00. The molecule has 0 aromatic carbocycles. The van der Waals surface area contributed by atoms with Crippen molar-refractivity contribution in [2.45, 2.75) is 38.5 Å². The number of ether oxygens (including phenoxy) is 1. The summed E-state index contributed by atoms with van der Waals surface area (Å²) in [7, 11) is 1.74. The molecule has 0 amide bonds. The molecule has 0 bridgehead atoms. The quantitative estimate of drug-likeness (QED) is 0.550. The molecule has 0 aromatic heterocycles. The lowest BCUT2D eigenvalue weighted by molar-refractivity contribution is 0.191. The average Bonchev–Trinajstić information content (AvgIpc) is 2.03. The van der Waals surface area contributed by atoms with Crippen LogP contribution < -0.4 is 0 Å². The normalized spacial score (nSPS) is 10.4. The number of methoxy groups -OCH3 is 1. The van der Waals surface area contributed by atoms with Crippen molar-refractivity contribution in [3.05, 3.63) is 0 Å². The Morgan fingerprint density at radius 2 is 1.45 bits per heavy atom. The lowest BCUT2D eigenvalue weighted by Crippen LogP contribution is -1.88. The molecule has 0 spiro atoms. The summed E-state index contributed by atoms with van der Waals surface area (Å²) in [6, 6.07) is 0. The maximum atomic E-state index is 8.49. The van der Waals surface area contributed by atoms with Crippen molar-refractivity contribution in [1.29, 1.82) is 0 Å². The van der Waals surface area contributed by atoms with Crippen molar-refractivity contribution in [2.75, 3.05) is 20.3 Å². The molecule has 0 radical (unpaired) electrons. The Bertz CT molecular complexity index is 56.6. The van der Waals surface area contributed by atoms with Gasteiger partial charge in [0.05, 0.1) is 0 Å². The fourth-order valence-corrected chi connectivity index (χ4v) is 1.07. The van der Waals surface area contributed by atoms with Crippen molar-refractivity contribution >= 4 is 0 Å². The van der Waals surface area contributed by atoms with E-state index in [0.29, 0.717) is 6.61 Å². The van der Waals surface area contributed by atoms with Gasteiger partial charge in [0, 0.05) is 20.3 Å². The zero-order chi connectivity index (χ0) is 8.36. The molecule has 0 atom stereocenters. The Morgan fingerprint density at radius 1 is 0.909 bits per heavy atom. The molecule has 0 rings (SSSR count). The van der Waals surface area contributed by atoms with E-state index in [0.717, 1.165) is 13.0 Å². The lowest BCUT2D eigenvalue weighted by Gasteiger charge is -1.99. The summed E-state index contributed by atoms with van der Waals surface area (Å²) < 4.78 is 4.93. The summed E-state index contributed by atoms with van der Waals surface area (Å²) in [4.78, 5) is 0. The zero-order valence-corrected chi connectivity index (χ0v) is 7.51. The second kappa shape index (κ2) is 9.92. The number of unbranched alkanes of at least 4 members (excludes halogenated alkanes) is 5. The maximum Gasteiger partial charge on any atom is 0.0462 e. The Kier molecular flexibility index (Phi) is 9.85. The van der Waals surface area contributed by atoms with E-state index in [1.807, 2.05) is 0 Å². The fourth-order valence-electron chi connectivity index (χ4n) is 1.07. The maximum absolute atomic E-state index is 8.49. The van der Waals surface area contributed by atoms with Crippen molar-refractivity contribution in [2.24, 2.45) is 0 Å². The lowest BCUT2D eigenvalue weighted by atomic mass is 10.1. The molecule has 0 fully saturated rings. The summed E-state index contributed by atoms with van der Waals surface area (Å²) in [6.45, 7) is 1.23. The Morgan fingerprint density at radius 3 is 2.00 bits per heavy atom. The van der Waals surface area contributed by atoms with Crippen LogP contribution in [0.2, 0.25) is 0 Å². The molecule has 0 saturated heterocycles. The predicted molar refractivity (Wildman–Crippen MR) is 46.7 cm³/mol. The second-order valence-corrected chi connectivity index (χ2v) is 2.84. The highest BCUT2D eigenvalue weighted by atomic mass is 16.5. The summed E-state index contributed by atoms with van der Waals surface area (Å²) >= 11 is 0. The van der Waals surface area contributed by atoms with Gasteiger partial charge in [0.2, 0.25) is 0 Å². The number of hydrogen-bond donors (Lipinski definition) is 1. The molecular weight excluding hydrogens is 140 g/mol. The Balaban J connectivity index is 2.69. The van der Waals surface area contributed by atoms with E-state index in [-0.39, 0.29) is 0 Å². The molecule has 68 valence electrons. The molecule has 0 unspecified atom stereocenters. The molecule has 2 nitrogen and oxygen atoms in total. The minimum Gasteiger partial charge on any atom is -0.396 e. The smallest absolute Gasteiger partial charge is 0.0462 e. The summed E-state index contributed by atoms with van der Waals surface area (Å²) in [6.07, 6.45) is 7.11. The first kappa shape index (κ1) is 10.9. The van der Waals surface area contributed by atoms with Crippen LogP contribution in [0.5, 0.6) is 0 Å². The first-order valence-electron chi connectivity index (χ1n) is 4.51. The van der Waals surface area contributed by atoms with E-state index in [1.54, 1.807) is 7.11 Å². The standard InChI is InChI=1S/C9H20O2/c1-11-9-7-5-3-2-4-6-8-10/h10H,2-9H2,1H3. The first-order chi connectivity index (χ1) is 5.41. The third-order valence-electron chi connectivity index (χ3n) is 1.76. The third-order valence-corrected chi connectivity index (χ3v) is 1.76. The number of aliphatic hydroxyl groups excluding tert-OH is 1. The molecule has 0 aliphatic carbocycles. The summed E-state index contributed by atoms with van der Waals surface area (Å²) in [5.41, 5.74) is 0. The van der Waals surface area contributed by atoms with E-state index in [4.69, 9.17) is 9.84 Å². The van der Waals surface area contributed by atoms with Crippen molar-refractivity contribution < 1.29 is 9.84 Å². The number of rotatable bonds is 8. The number of hydrogen-bond acceptors (Lipinski definition) is 2. The monoisotopic (exact) mass is 160 g/mol. The molecule has 2 heteroatoms. The minimum absolute atomic E-state index is 0.345. The van der Waals surface area contributed by atoms with Gasteiger partial charge in [-0.3, -0.25) is 0 Å². The highest BCUT2D eigenvalue weighted by Gasteiger charge is 1.89. The van der Waals surface area contributed by atoms with Crippen LogP contribution in [0.25, 0.3) is 0 Å². The second-order valence-electron chi connectivity index (χ2n) is 2.84. The highest BCUT2D eigenvalue weighted by Crippen LogP contribution is 2.04. The Labute approximate surface area is 69.6 Å². The van der Waals surface area contributed by atoms with E-state index in [9.17, 15) is 0 Å². The van der Waals surface area contributed by atoms with Crippen molar-refractivity contribution in [1.82, 2.24) is 0 Å². The largest absolute Gasteiger partial charge is 0.396 e. The van der Waals surface area contributed by atoms with E-state index in [2.05, 4.69) is 0 Å². The molecule has 0 heterocycles. The van der Waals surface area contributed by atoms with Crippen molar-refractivity contribution in [3.63, 3.8) is 0 Å². The van der Waals surface area contributed by atoms with Crippen LogP contribution in [0.3, 0.4) is 0 Å². The zero-order valence-electron chi connectivity index (χ0n) is 7.51. The Hall–Kier alpha value is -0.0800. The molecule has 0 saturated carbocycles. The van der Waals surface area contributed by atoms with Crippen molar-refractivity contribution in [3.8, 4) is 0 Å². The van der Waals surface area contributed by atoms with Gasteiger partial charge in [-0.2, -0.15) is 0 Å². The van der Waals surface area contributed by atoms with Gasteiger partial charge in [0.15, 0.2) is 0 Å². The van der Waals surface area contributed by atoms with E-state index >= 15 is 0 Å². The van der Waals surface area contributed by atoms with Crippen LogP contribution in [0, 0.1) is 0 Å². The highest BCUT2D eigenvalue weighted by molar-refractivity contribution is 4.43. The molecule has 1 N–H and O–H groups in total. The van der Waals surface area contributed by atoms with Crippen LogP contribution in [0.4, 0.5) is 0 Å². The van der Waals surface area contributed by atoms with Crippen LogP contribution in [-0.2, 0) is 4.74 Å². The van der Waals surface area contributed by atoms with E-state index < -0.39 is 0 Å². The van der Waals surface area contributed by atoms with Gasteiger partial charge in [0.25, 0.3) is 0 Å². The van der Waals surface area contributed by atoms with E-state index in [1.165, 1.54) is 32.1 Å². The van der Waals surface area contributed by atoms with Gasteiger partial charge < -0.3 is 9.84 Å². The summed E-state index contributed by atoms with van der Waals surface area (Å²) in [5.74, 6) is 0. The SMILES string of the molecule is COCCCCCCCCO. The van der Waals surface area contributed by atoms with Gasteiger partial charge in [0.1, 0.15) is 0 Å². The minimum atomic E-state index is 0.345. The van der Waals surface area contributed by atoms with Gasteiger partial charge in [-0.25, -0.2) is 0 Å². The number of aliphatic hydroxyl groups is 1. The van der Waals surface area contributed by atoms with Gasteiger partial charge in [-0.15, -0.1) is 0 Å². The molecule has 0 aromatic rings. The molecule has 0 aliphatic rings. The molecule has 0 aliphatic heterocycles. The van der Waals surface area contributed by atoms with Crippen LogP contribution in [-0.4, -0.2) is 25.4 Å². The topological polar surface area (TPSA) is 29.5 Å². The van der Waals surface area contributed by atoms with Gasteiger partial charge in [-0.05, 0) is 12.8 Å². The molecular formula is C9H20O2. The van der Waals surface area contributed by atoms with Crippen LogP contribution >= 0.6 is 0 Å². The summed E-state index contributed by atoms with van der Waals surface area (Å²) in [5, 5.41) is 8.49. The molecule has 11 heavy (non-hydrogen) atoms. The predicted octanol–water partition coefficient (Wildman–Crippen LogP) is 1.97. The van der Waals surface area contributed by atoms with Gasteiger partial charge >= 0.3 is 0 Å². The average molecular weight is 160 g/mol. The van der Waals surface area contributed by atoms with Gasteiger partial charge in [-0.1, -0.05) is 25.7 Å².